The molecule has 0 aliphatic heterocycles. The Hall–Kier alpha value is -1.64. The monoisotopic (exact) mass is 282 g/mol. The van der Waals surface area contributed by atoms with Crippen molar-refractivity contribution in [2.45, 2.75) is 25.4 Å². The van der Waals surface area contributed by atoms with Crippen LogP contribution in [0.1, 0.15) is 19.5 Å². The number of carbonyl (C=O) groups is 2. The van der Waals surface area contributed by atoms with Crippen molar-refractivity contribution in [3.8, 4) is 0 Å². The summed E-state index contributed by atoms with van der Waals surface area (Å²) >= 11 is 0.732. The van der Waals surface area contributed by atoms with E-state index in [1.807, 2.05) is 0 Å². The number of carboxylic acids is 1. The molecule has 9 heteroatoms. The Morgan fingerprint density at radius 2 is 1.94 bits per heavy atom. The first-order valence-electron chi connectivity index (χ1n) is 4.62. The van der Waals surface area contributed by atoms with E-state index in [0.29, 0.717) is 0 Å². The molecule has 0 spiro atoms. The molecule has 0 saturated heterocycles. The maximum absolute atomic E-state index is 12.0. The van der Waals surface area contributed by atoms with Crippen LogP contribution in [-0.4, -0.2) is 28.1 Å². The van der Waals surface area contributed by atoms with Gasteiger partial charge in [-0.25, -0.2) is 4.98 Å². The molecule has 100 valence electrons. The number of aliphatic carboxylic acids is 1. The Morgan fingerprint density at radius 3 is 2.39 bits per heavy atom. The second kappa shape index (κ2) is 4.56. The zero-order chi connectivity index (χ0) is 14.1. The summed E-state index contributed by atoms with van der Waals surface area (Å²) in [7, 11) is 0. The maximum Gasteiger partial charge on any atom is 0.471 e. The van der Waals surface area contributed by atoms with Gasteiger partial charge in [-0.05, 0) is 13.8 Å². The van der Waals surface area contributed by atoms with Gasteiger partial charge in [0.1, 0.15) is 5.41 Å². The first-order valence-corrected chi connectivity index (χ1v) is 5.50. The Morgan fingerprint density at radius 1 is 1.39 bits per heavy atom. The van der Waals surface area contributed by atoms with Gasteiger partial charge in [-0.1, -0.05) is 0 Å². The third-order valence-corrected chi connectivity index (χ3v) is 2.91. The number of nitrogens with zero attached hydrogens (tertiary/aromatic N) is 1. The lowest BCUT2D eigenvalue weighted by atomic mass is 9.90. The molecule has 1 aromatic heterocycles. The third kappa shape index (κ3) is 2.97. The van der Waals surface area contributed by atoms with Gasteiger partial charge in [0.15, 0.2) is 5.13 Å². The van der Waals surface area contributed by atoms with Crippen molar-refractivity contribution in [3.63, 3.8) is 0 Å². The van der Waals surface area contributed by atoms with E-state index in [2.05, 4.69) is 4.98 Å². The van der Waals surface area contributed by atoms with Gasteiger partial charge >= 0.3 is 18.1 Å². The molecule has 2 N–H and O–H groups in total. The fourth-order valence-corrected chi connectivity index (χ4v) is 1.77. The zero-order valence-electron chi connectivity index (χ0n) is 9.33. The third-order valence-electron chi connectivity index (χ3n) is 2.16. The van der Waals surface area contributed by atoms with Crippen LogP contribution in [0.15, 0.2) is 5.38 Å². The van der Waals surface area contributed by atoms with Crippen LogP contribution in [0, 0.1) is 0 Å². The summed E-state index contributed by atoms with van der Waals surface area (Å²) in [5.41, 5.74) is -1.25. The molecule has 1 aromatic rings. The lowest BCUT2D eigenvalue weighted by Gasteiger charge is -2.15. The number of thiazole rings is 1. The first kappa shape index (κ1) is 14.4. The van der Waals surface area contributed by atoms with Crippen LogP contribution in [0.2, 0.25) is 0 Å². The van der Waals surface area contributed by atoms with Crippen molar-refractivity contribution in [1.82, 2.24) is 4.98 Å². The number of carboxylic acid groups (broad SMARTS) is 1. The summed E-state index contributed by atoms with van der Waals surface area (Å²) in [6, 6.07) is 0. The second-order valence-electron chi connectivity index (χ2n) is 3.92. The van der Waals surface area contributed by atoms with E-state index in [-0.39, 0.29) is 10.8 Å². The number of carbonyl (C=O) groups excluding carboxylic acids is 1. The molecule has 0 bridgehead atoms. The molecule has 18 heavy (non-hydrogen) atoms. The minimum absolute atomic E-state index is 0.0810. The number of alkyl halides is 3. The second-order valence-corrected chi connectivity index (χ2v) is 4.78. The van der Waals surface area contributed by atoms with Gasteiger partial charge in [-0.2, -0.15) is 13.2 Å². The fourth-order valence-electron chi connectivity index (χ4n) is 0.896. The number of hydrogen-bond donors (Lipinski definition) is 2. The van der Waals surface area contributed by atoms with E-state index in [0.717, 1.165) is 11.3 Å². The molecule has 0 aromatic carbocycles. The van der Waals surface area contributed by atoms with Gasteiger partial charge in [-0.3, -0.25) is 14.9 Å². The molecule has 1 amide bonds. The van der Waals surface area contributed by atoms with Gasteiger partial charge in [-0.15, -0.1) is 11.3 Å². The van der Waals surface area contributed by atoms with Crippen molar-refractivity contribution in [2.24, 2.45) is 0 Å². The van der Waals surface area contributed by atoms with Crippen molar-refractivity contribution < 1.29 is 27.9 Å². The predicted molar refractivity (Wildman–Crippen MR) is 57.5 cm³/mol. The van der Waals surface area contributed by atoms with E-state index in [1.165, 1.54) is 19.2 Å². The lowest BCUT2D eigenvalue weighted by Crippen LogP contribution is -2.31. The summed E-state index contributed by atoms with van der Waals surface area (Å²) in [6.45, 7) is 2.72. The number of aromatic nitrogens is 1. The molecule has 0 aliphatic rings. The lowest BCUT2D eigenvalue weighted by molar-refractivity contribution is -0.167. The minimum Gasteiger partial charge on any atom is -0.481 e. The molecular weight excluding hydrogens is 273 g/mol. The van der Waals surface area contributed by atoms with Crippen molar-refractivity contribution in [1.29, 1.82) is 0 Å². The maximum atomic E-state index is 12.0. The SMILES string of the molecule is CC(C)(C(=O)O)c1csc(NC(=O)C(F)(F)F)n1. The highest BCUT2D eigenvalue weighted by atomic mass is 32.1. The predicted octanol–water partition coefficient (Wildman–Crippen LogP) is 2.01. The van der Waals surface area contributed by atoms with Crippen LogP contribution in [0.25, 0.3) is 0 Å². The van der Waals surface area contributed by atoms with Crippen LogP contribution in [-0.2, 0) is 15.0 Å². The molecule has 1 heterocycles. The van der Waals surface area contributed by atoms with Gasteiger partial charge in [0.05, 0.1) is 5.69 Å². The van der Waals surface area contributed by atoms with Gasteiger partial charge in [0, 0.05) is 5.38 Å². The van der Waals surface area contributed by atoms with E-state index in [9.17, 15) is 22.8 Å². The molecule has 0 unspecified atom stereocenters. The standard InChI is InChI=1S/C9H9F3N2O3S/c1-8(2,6(16)17)4-3-18-7(13-4)14-5(15)9(10,11)12/h3H,1-2H3,(H,16,17)(H,13,14,15). The van der Waals surface area contributed by atoms with Crippen LogP contribution in [0.4, 0.5) is 18.3 Å². The van der Waals surface area contributed by atoms with Crippen molar-refractivity contribution >= 4 is 28.3 Å². The van der Waals surface area contributed by atoms with Crippen LogP contribution >= 0.6 is 11.3 Å². The zero-order valence-corrected chi connectivity index (χ0v) is 10.1. The summed E-state index contributed by atoms with van der Waals surface area (Å²) < 4.78 is 35.9. The summed E-state index contributed by atoms with van der Waals surface area (Å²) in [5, 5.41) is 11.5. The smallest absolute Gasteiger partial charge is 0.471 e. The number of rotatable bonds is 3. The van der Waals surface area contributed by atoms with E-state index in [4.69, 9.17) is 5.11 Å². The quantitative estimate of drug-likeness (QED) is 0.888. The van der Waals surface area contributed by atoms with Crippen LogP contribution in [0.3, 0.4) is 0 Å². The molecule has 0 fully saturated rings. The van der Waals surface area contributed by atoms with Gasteiger partial charge in [0.2, 0.25) is 0 Å². The number of halogens is 3. The average Bonchev–Trinajstić information content (AvgIpc) is 2.64. The van der Waals surface area contributed by atoms with Gasteiger partial charge in [0.25, 0.3) is 0 Å². The first-order chi connectivity index (χ1) is 8.05. The summed E-state index contributed by atoms with van der Waals surface area (Å²) in [4.78, 5) is 25.2. The number of amides is 1. The highest BCUT2D eigenvalue weighted by Gasteiger charge is 2.39. The Labute approximate surface area is 104 Å². The molecule has 0 atom stereocenters. The Kier molecular flexibility index (Phi) is 3.65. The van der Waals surface area contributed by atoms with Crippen molar-refractivity contribution in [2.75, 3.05) is 5.32 Å². The van der Waals surface area contributed by atoms with E-state index < -0.39 is 23.5 Å². The molecule has 1 rings (SSSR count). The minimum atomic E-state index is -5.01. The van der Waals surface area contributed by atoms with Crippen molar-refractivity contribution in [3.05, 3.63) is 11.1 Å². The highest BCUT2D eigenvalue weighted by Crippen LogP contribution is 2.28. The average molecular weight is 282 g/mol. The van der Waals surface area contributed by atoms with Crippen LogP contribution < -0.4 is 5.32 Å². The van der Waals surface area contributed by atoms with E-state index >= 15 is 0 Å². The molecule has 0 saturated carbocycles. The molecular formula is C9H9F3N2O3S. The normalized spacial score (nSPS) is 12.3. The Balaban J connectivity index is 2.89. The molecule has 0 radical (unpaired) electrons. The van der Waals surface area contributed by atoms with Crippen LogP contribution in [0.5, 0.6) is 0 Å². The fraction of sp³-hybridized carbons (Fsp3) is 0.444. The summed E-state index contributed by atoms with van der Waals surface area (Å²) in [6.07, 6.45) is -5.01. The number of anilines is 1. The number of nitrogens with one attached hydrogen (secondary N) is 1. The number of hydrogen-bond acceptors (Lipinski definition) is 4. The summed E-state index contributed by atoms with van der Waals surface area (Å²) in [5.74, 6) is -3.31. The van der Waals surface area contributed by atoms with E-state index in [1.54, 1.807) is 5.32 Å². The van der Waals surface area contributed by atoms with Gasteiger partial charge < -0.3 is 5.11 Å². The Bertz CT molecular complexity index is 482. The topological polar surface area (TPSA) is 79.3 Å². The largest absolute Gasteiger partial charge is 0.481 e. The molecule has 0 aliphatic carbocycles. The molecule has 5 nitrogen and oxygen atoms in total. The highest BCUT2D eigenvalue weighted by molar-refractivity contribution is 7.14.